The van der Waals surface area contributed by atoms with Crippen LogP contribution in [0.25, 0.3) is 5.65 Å². The average molecular weight is 259 g/mol. The lowest BCUT2D eigenvalue weighted by atomic mass is 9.98. The lowest BCUT2D eigenvalue weighted by molar-refractivity contribution is 0.357. The van der Waals surface area contributed by atoms with Gasteiger partial charge in [0.25, 0.3) is 0 Å². The monoisotopic (exact) mass is 259 g/mol. The van der Waals surface area contributed by atoms with Gasteiger partial charge in [0.1, 0.15) is 5.82 Å². The van der Waals surface area contributed by atoms with Crippen molar-refractivity contribution in [2.24, 2.45) is 5.92 Å². The van der Waals surface area contributed by atoms with Crippen LogP contribution in [0.5, 0.6) is 0 Å². The maximum absolute atomic E-state index is 4.24. The first kappa shape index (κ1) is 12.6. The minimum absolute atomic E-state index is 0.830. The number of rotatable bonds is 5. The molecule has 1 fully saturated rings. The second-order valence-corrected chi connectivity index (χ2v) is 5.19. The van der Waals surface area contributed by atoms with Crippen LogP contribution in [0.1, 0.15) is 18.7 Å². The van der Waals surface area contributed by atoms with Gasteiger partial charge in [0.2, 0.25) is 0 Å². The molecule has 1 aliphatic rings. The zero-order chi connectivity index (χ0) is 12.9. The fraction of sp³-hybridized carbons (Fsp3) is 0.571. The van der Waals surface area contributed by atoms with Gasteiger partial charge >= 0.3 is 0 Å². The van der Waals surface area contributed by atoms with Crippen LogP contribution < -0.4 is 10.6 Å². The summed E-state index contributed by atoms with van der Waals surface area (Å²) in [6.07, 6.45) is 5.54. The van der Waals surface area contributed by atoms with Crippen LogP contribution in [0, 0.1) is 5.92 Å². The van der Waals surface area contributed by atoms with Crippen molar-refractivity contribution in [3.05, 3.63) is 30.2 Å². The Bertz CT molecular complexity index is 515. The number of hydrogen-bond donors (Lipinski definition) is 2. The molecule has 2 aromatic heterocycles. The van der Waals surface area contributed by atoms with Crippen LogP contribution in [0.15, 0.2) is 24.4 Å². The molecule has 0 aromatic carbocycles. The van der Waals surface area contributed by atoms with Gasteiger partial charge in [-0.3, -0.25) is 4.40 Å². The van der Waals surface area contributed by atoms with Gasteiger partial charge in [-0.1, -0.05) is 6.07 Å². The van der Waals surface area contributed by atoms with E-state index in [0.29, 0.717) is 0 Å². The number of fused-ring (bicyclic) bond motifs is 1. The molecule has 0 atom stereocenters. The van der Waals surface area contributed by atoms with Gasteiger partial charge < -0.3 is 10.6 Å². The van der Waals surface area contributed by atoms with Crippen LogP contribution >= 0.6 is 0 Å². The number of pyridine rings is 1. The maximum Gasteiger partial charge on any atom is 0.160 e. The smallest absolute Gasteiger partial charge is 0.160 e. The summed E-state index contributed by atoms with van der Waals surface area (Å²) < 4.78 is 2.06. The Hall–Kier alpha value is -1.46. The number of aromatic nitrogens is 3. The maximum atomic E-state index is 4.24. The Morgan fingerprint density at radius 3 is 3.05 bits per heavy atom. The molecular formula is C14H21N5. The molecule has 3 heterocycles. The second-order valence-electron chi connectivity index (χ2n) is 5.19. The first-order chi connectivity index (χ1) is 9.43. The third kappa shape index (κ3) is 3.11. The molecule has 1 aliphatic heterocycles. The van der Waals surface area contributed by atoms with E-state index in [-0.39, 0.29) is 0 Å². The highest BCUT2D eigenvalue weighted by molar-refractivity contribution is 5.36. The van der Waals surface area contributed by atoms with E-state index in [1.165, 1.54) is 25.9 Å². The standard InChI is InChI=1S/C14H21N5/c1-2-10-19-13(3-1)17-18-14(19)6-9-16-11-12-4-7-15-8-5-12/h1-3,10,12,15-16H,4-9,11H2. The van der Waals surface area contributed by atoms with Crippen LogP contribution in [0.4, 0.5) is 0 Å². The Kier molecular flexibility index (Phi) is 4.05. The van der Waals surface area contributed by atoms with E-state index in [0.717, 1.165) is 36.9 Å². The molecule has 0 radical (unpaired) electrons. The number of piperidine rings is 1. The highest BCUT2D eigenvalue weighted by atomic mass is 15.2. The van der Waals surface area contributed by atoms with Crippen molar-refractivity contribution in [2.75, 3.05) is 26.2 Å². The van der Waals surface area contributed by atoms with Gasteiger partial charge in [0.05, 0.1) is 0 Å². The molecule has 2 N–H and O–H groups in total. The molecule has 0 saturated carbocycles. The Morgan fingerprint density at radius 2 is 2.16 bits per heavy atom. The average Bonchev–Trinajstić information content (AvgIpc) is 2.88. The zero-order valence-corrected chi connectivity index (χ0v) is 11.2. The molecule has 1 saturated heterocycles. The Balaban J connectivity index is 1.47. The normalized spacial score (nSPS) is 17.1. The first-order valence-corrected chi connectivity index (χ1v) is 7.13. The summed E-state index contributed by atoms with van der Waals surface area (Å²) in [7, 11) is 0. The van der Waals surface area contributed by atoms with Gasteiger partial charge in [-0.25, -0.2) is 0 Å². The zero-order valence-electron chi connectivity index (χ0n) is 11.2. The fourth-order valence-electron chi connectivity index (χ4n) is 2.65. The summed E-state index contributed by atoms with van der Waals surface area (Å²) in [5.41, 5.74) is 0.927. The summed E-state index contributed by atoms with van der Waals surface area (Å²) in [6, 6.07) is 5.99. The lowest BCUT2D eigenvalue weighted by Crippen LogP contribution is -2.34. The van der Waals surface area contributed by atoms with Gasteiger partial charge in [-0.05, 0) is 50.5 Å². The summed E-state index contributed by atoms with van der Waals surface area (Å²) in [6.45, 7) is 4.43. The molecular weight excluding hydrogens is 238 g/mol. The Labute approximate surface area is 113 Å². The second kappa shape index (κ2) is 6.12. The van der Waals surface area contributed by atoms with Crippen molar-refractivity contribution in [3.8, 4) is 0 Å². The number of nitrogens with zero attached hydrogens (tertiary/aromatic N) is 3. The molecule has 0 bridgehead atoms. The van der Waals surface area contributed by atoms with Crippen LogP contribution in [-0.2, 0) is 6.42 Å². The summed E-state index contributed by atoms with van der Waals surface area (Å²) in [5, 5.41) is 15.4. The van der Waals surface area contributed by atoms with E-state index in [2.05, 4.69) is 25.2 Å². The molecule has 19 heavy (non-hydrogen) atoms. The van der Waals surface area contributed by atoms with E-state index in [1.807, 2.05) is 24.4 Å². The van der Waals surface area contributed by atoms with Crippen molar-refractivity contribution < 1.29 is 0 Å². The van der Waals surface area contributed by atoms with E-state index < -0.39 is 0 Å². The van der Waals surface area contributed by atoms with Crippen molar-refractivity contribution in [2.45, 2.75) is 19.3 Å². The molecule has 5 nitrogen and oxygen atoms in total. The van der Waals surface area contributed by atoms with Crippen LogP contribution in [-0.4, -0.2) is 40.8 Å². The van der Waals surface area contributed by atoms with Crippen LogP contribution in [0.2, 0.25) is 0 Å². The van der Waals surface area contributed by atoms with Crippen LogP contribution in [0.3, 0.4) is 0 Å². The number of hydrogen-bond acceptors (Lipinski definition) is 4. The van der Waals surface area contributed by atoms with Gasteiger partial charge in [-0.15, -0.1) is 10.2 Å². The minimum Gasteiger partial charge on any atom is -0.317 e. The van der Waals surface area contributed by atoms with Crippen molar-refractivity contribution >= 4 is 5.65 Å². The topological polar surface area (TPSA) is 54.2 Å². The molecule has 102 valence electrons. The van der Waals surface area contributed by atoms with E-state index in [4.69, 9.17) is 0 Å². The molecule has 0 amide bonds. The molecule has 0 unspecified atom stereocenters. The SMILES string of the molecule is c1ccn2c(CCNCC3CCNCC3)nnc2c1. The molecule has 2 aromatic rings. The lowest BCUT2D eigenvalue weighted by Gasteiger charge is -2.22. The van der Waals surface area contributed by atoms with Gasteiger partial charge in [-0.2, -0.15) is 0 Å². The van der Waals surface area contributed by atoms with Crippen molar-refractivity contribution in [3.63, 3.8) is 0 Å². The molecule has 5 heteroatoms. The first-order valence-electron chi connectivity index (χ1n) is 7.13. The van der Waals surface area contributed by atoms with E-state index in [9.17, 15) is 0 Å². The molecule has 0 aliphatic carbocycles. The predicted molar refractivity (Wildman–Crippen MR) is 75.2 cm³/mol. The van der Waals surface area contributed by atoms with E-state index in [1.54, 1.807) is 0 Å². The fourth-order valence-corrected chi connectivity index (χ4v) is 2.65. The van der Waals surface area contributed by atoms with E-state index >= 15 is 0 Å². The summed E-state index contributed by atoms with van der Waals surface area (Å²) in [4.78, 5) is 0. The third-order valence-electron chi connectivity index (χ3n) is 3.80. The predicted octanol–water partition coefficient (Wildman–Crippen LogP) is 0.861. The minimum atomic E-state index is 0.830. The van der Waals surface area contributed by atoms with Gasteiger partial charge in [0.15, 0.2) is 5.65 Å². The highest BCUT2D eigenvalue weighted by Gasteiger charge is 2.12. The van der Waals surface area contributed by atoms with Crippen molar-refractivity contribution in [1.29, 1.82) is 0 Å². The third-order valence-corrected chi connectivity index (χ3v) is 3.80. The molecule has 0 spiro atoms. The van der Waals surface area contributed by atoms with Crippen molar-refractivity contribution in [1.82, 2.24) is 25.2 Å². The summed E-state index contributed by atoms with van der Waals surface area (Å²) in [5.74, 6) is 1.87. The quantitative estimate of drug-likeness (QED) is 0.782. The Morgan fingerprint density at radius 1 is 1.26 bits per heavy atom. The molecule has 3 rings (SSSR count). The highest BCUT2D eigenvalue weighted by Crippen LogP contribution is 2.09. The number of nitrogens with one attached hydrogen (secondary N) is 2. The van der Waals surface area contributed by atoms with Gasteiger partial charge in [0, 0.05) is 19.2 Å². The largest absolute Gasteiger partial charge is 0.317 e. The summed E-state index contributed by atoms with van der Waals surface area (Å²) >= 11 is 0.